The van der Waals surface area contributed by atoms with Gasteiger partial charge in [-0.05, 0) is 25.3 Å². The minimum atomic E-state index is 0.572. The van der Waals surface area contributed by atoms with E-state index in [1.54, 1.807) is 11.3 Å². The lowest BCUT2D eigenvalue weighted by atomic mass is 9.96. The number of likely N-dealkylation sites (tertiary alicyclic amines) is 1. The van der Waals surface area contributed by atoms with Gasteiger partial charge in [0.05, 0.1) is 5.69 Å². The monoisotopic (exact) mass is 239 g/mol. The van der Waals surface area contributed by atoms with Crippen molar-refractivity contribution < 1.29 is 0 Å². The van der Waals surface area contributed by atoms with Crippen molar-refractivity contribution in [2.24, 2.45) is 11.7 Å². The summed E-state index contributed by atoms with van der Waals surface area (Å²) in [5.41, 5.74) is 6.77. The van der Waals surface area contributed by atoms with Crippen LogP contribution in [0.25, 0.3) is 0 Å². The first-order valence-corrected chi connectivity index (χ1v) is 7.05. The van der Waals surface area contributed by atoms with E-state index in [2.05, 4.69) is 22.2 Å². The molecule has 90 valence electrons. The van der Waals surface area contributed by atoms with E-state index in [0.29, 0.717) is 6.54 Å². The molecule has 1 aromatic heterocycles. The van der Waals surface area contributed by atoms with Crippen molar-refractivity contribution in [3.05, 3.63) is 16.1 Å². The van der Waals surface area contributed by atoms with Crippen molar-refractivity contribution in [1.82, 2.24) is 9.88 Å². The molecule has 2 N–H and O–H groups in total. The Balaban J connectivity index is 1.88. The van der Waals surface area contributed by atoms with Crippen LogP contribution >= 0.6 is 11.3 Å². The molecule has 0 amide bonds. The Kier molecular flexibility index (Phi) is 4.32. The Morgan fingerprint density at radius 3 is 3.19 bits per heavy atom. The summed E-state index contributed by atoms with van der Waals surface area (Å²) in [4.78, 5) is 7.06. The van der Waals surface area contributed by atoms with Crippen LogP contribution in [0.5, 0.6) is 0 Å². The molecule has 0 aromatic carbocycles. The maximum atomic E-state index is 5.57. The normalized spacial score (nSPS) is 22.5. The van der Waals surface area contributed by atoms with Crippen LogP contribution in [0.4, 0.5) is 0 Å². The number of piperidine rings is 1. The Morgan fingerprint density at radius 1 is 1.62 bits per heavy atom. The summed E-state index contributed by atoms with van der Waals surface area (Å²) in [5.74, 6) is 0.890. The largest absolute Gasteiger partial charge is 0.325 e. The maximum Gasteiger partial charge on any atom is 0.106 e. The Morgan fingerprint density at radius 2 is 2.50 bits per heavy atom. The van der Waals surface area contributed by atoms with Crippen molar-refractivity contribution in [2.45, 2.75) is 39.3 Å². The lowest BCUT2D eigenvalue weighted by Crippen LogP contribution is -2.34. The molecule has 0 saturated carbocycles. The van der Waals surface area contributed by atoms with Crippen molar-refractivity contribution in [2.75, 3.05) is 13.1 Å². The maximum absolute atomic E-state index is 5.57. The molecule has 1 saturated heterocycles. The number of hydrogen-bond acceptors (Lipinski definition) is 4. The average Bonchev–Trinajstić information content (AvgIpc) is 2.77. The summed E-state index contributed by atoms with van der Waals surface area (Å²) in [7, 11) is 0. The van der Waals surface area contributed by atoms with Gasteiger partial charge in [0, 0.05) is 25.0 Å². The molecule has 1 aromatic rings. The molecular formula is C12H21N3S. The number of rotatable bonds is 4. The van der Waals surface area contributed by atoms with E-state index in [-0.39, 0.29) is 0 Å². The number of nitrogens with two attached hydrogens (primary N) is 1. The van der Waals surface area contributed by atoms with E-state index in [1.807, 2.05) is 0 Å². The van der Waals surface area contributed by atoms with E-state index in [9.17, 15) is 0 Å². The van der Waals surface area contributed by atoms with Gasteiger partial charge in [-0.15, -0.1) is 11.3 Å². The molecule has 1 fully saturated rings. The molecule has 2 heterocycles. The average molecular weight is 239 g/mol. The van der Waals surface area contributed by atoms with Crippen molar-refractivity contribution in [3.8, 4) is 0 Å². The minimum absolute atomic E-state index is 0.572. The highest BCUT2D eigenvalue weighted by atomic mass is 32.1. The third-order valence-electron chi connectivity index (χ3n) is 3.34. The molecule has 1 atom stereocenters. The molecule has 0 spiro atoms. The van der Waals surface area contributed by atoms with Gasteiger partial charge in [-0.1, -0.05) is 13.3 Å². The topological polar surface area (TPSA) is 42.1 Å². The molecule has 2 rings (SSSR count). The smallest absolute Gasteiger partial charge is 0.106 e. The lowest BCUT2D eigenvalue weighted by Gasteiger charge is -2.31. The summed E-state index contributed by atoms with van der Waals surface area (Å²) < 4.78 is 0. The van der Waals surface area contributed by atoms with Crippen molar-refractivity contribution >= 4 is 11.3 Å². The first-order chi connectivity index (χ1) is 7.81. The highest BCUT2D eigenvalue weighted by Crippen LogP contribution is 2.21. The molecule has 16 heavy (non-hydrogen) atoms. The molecule has 1 aliphatic heterocycles. The standard InChI is InChI=1S/C12H21N3S/c1-2-10-4-3-5-15(7-10)8-11-9-16-12(6-13)14-11/h9-10H,2-8,13H2,1H3. The predicted molar refractivity (Wildman–Crippen MR) is 68.3 cm³/mol. The Hall–Kier alpha value is -0.450. The molecule has 3 nitrogen and oxygen atoms in total. The molecule has 1 unspecified atom stereocenters. The number of hydrogen-bond donors (Lipinski definition) is 1. The molecule has 0 bridgehead atoms. The molecular weight excluding hydrogens is 218 g/mol. The van der Waals surface area contributed by atoms with E-state index in [1.165, 1.54) is 38.0 Å². The SMILES string of the molecule is CCC1CCCN(Cc2csc(CN)n2)C1. The Labute approximate surface area is 102 Å². The highest BCUT2D eigenvalue weighted by Gasteiger charge is 2.18. The van der Waals surface area contributed by atoms with Crippen LogP contribution in [0.3, 0.4) is 0 Å². The second-order valence-corrected chi connectivity index (χ2v) is 5.53. The molecule has 0 aliphatic carbocycles. The summed E-state index contributed by atoms with van der Waals surface area (Å²) >= 11 is 1.68. The fourth-order valence-corrected chi connectivity index (χ4v) is 3.04. The predicted octanol–water partition coefficient (Wildman–Crippen LogP) is 2.22. The van der Waals surface area contributed by atoms with Crippen LogP contribution < -0.4 is 5.73 Å². The fraction of sp³-hybridized carbons (Fsp3) is 0.750. The van der Waals surface area contributed by atoms with Crippen LogP contribution in [0.2, 0.25) is 0 Å². The first-order valence-electron chi connectivity index (χ1n) is 6.17. The van der Waals surface area contributed by atoms with Gasteiger partial charge in [0.25, 0.3) is 0 Å². The zero-order valence-corrected chi connectivity index (χ0v) is 10.8. The van der Waals surface area contributed by atoms with Crippen LogP contribution in [-0.4, -0.2) is 23.0 Å². The van der Waals surface area contributed by atoms with E-state index in [0.717, 1.165) is 17.5 Å². The van der Waals surface area contributed by atoms with E-state index >= 15 is 0 Å². The summed E-state index contributed by atoms with van der Waals surface area (Å²) in [5, 5.41) is 3.21. The van der Waals surface area contributed by atoms with Crippen molar-refractivity contribution in [1.29, 1.82) is 0 Å². The van der Waals surface area contributed by atoms with Crippen LogP contribution in [-0.2, 0) is 13.1 Å². The summed E-state index contributed by atoms with van der Waals surface area (Å²) in [6, 6.07) is 0. The van der Waals surface area contributed by atoms with E-state index in [4.69, 9.17) is 5.73 Å². The van der Waals surface area contributed by atoms with Gasteiger partial charge < -0.3 is 5.73 Å². The summed E-state index contributed by atoms with van der Waals surface area (Å²) in [6.45, 7) is 6.34. The van der Waals surface area contributed by atoms with Gasteiger partial charge in [-0.25, -0.2) is 4.98 Å². The van der Waals surface area contributed by atoms with Crippen molar-refractivity contribution in [3.63, 3.8) is 0 Å². The zero-order chi connectivity index (χ0) is 11.4. The third kappa shape index (κ3) is 3.03. The van der Waals surface area contributed by atoms with E-state index < -0.39 is 0 Å². The van der Waals surface area contributed by atoms with Crippen LogP contribution in [0, 0.1) is 5.92 Å². The van der Waals surface area contributed by atoms with Gasteiger partial charge in [-0.2, -0.15) is 0 Å². The van der Waals surface area contributed by atoms with Gasteiger partial charge in [0.2, 0.25) is 0 Å². The molecule has 0 radical (unpaired) electrons. The fourth-order valence-electron chi connectivity index (χ4n) is 2.37. The first kappa shape index (κ1) is 12.0. The number of thiazole rings is 1. The second kappa shape index (κ2) is 5.75. The van der Waals surface area contributed by atoms with Crippen LogP contribution in [0.15, 0.2) is 5.38 Å². The Bertz CT molecular complexity index is 324. The zero-order valence-electron chi connectivity index (χ0n) is 9.98. The minimum Gasteiger partial charge on any atom is -0.325 e. The van der Waals surface area contributed by atoms with Gasteiger partial charge in [-0.3, -0.25) is 4.90 Å². The molecule has 4 heteroatoms. The lowest BCUT2D eigenvalue weighted by molar-refractivity contribution is 0.163. The number of aromatic nitrogens is 1. The van der Waals surface area contributed by atoms with Gasteiger partial charge >= 0.3 is 0 Å². The quantitative estimate of drug-likeness (QED) is 0.876. The molecule has 1 aliphatic rings. The second-order valence-electron chi connectivity index (χ2n) is 4.59. The van der Waals surface area contributed by atoms with Crippen LogP contribution in [0.1, 0.15) is 36.9 Å². The highest BCUT2D eigenvalue weighted by molar-refractivity contribution is 7.09. The summed E-state index contributed by atoms with van der Waals surface area (Å²) in [6.07, 6.45) is 4.05. The number of nitrogens with zero attached hydrogens (tertiary/aromatic N) is 2. The third-order valence-corrected chi connectivity index (χ3v) is 4.26. The van der Waals surface area contributed by atoms with Gasteiger partial charge in [0.1, 0.15) is 5.01 Å². The van der Waals surface area contributed by atoms with Gasteiger partial charge in [0.15, 0.2) is 0 Å².